The second-order valence-electron chi connectivity index (χ2n) is 4.25. The molecule has 1 aromatic heterocycles. The number of hydrogen-bond donors (Lipinski definition) is 1. The van der Waals surface area contributed by atoms with Gasteiger partial charge in [0.25, 0.3) is 0 Å². The van der Waals surface area contributed by atoms with Crippen LogP contribution in [0.5, 0.6) is 0 Å². The number of rotatable bonds is 4. The first-order valence-corrected chi connectivity index (χ1v) is 6.14. The van der Waals surface area contributed by atoms with E-state index in [1.54, 1.807) is 24.4 Å². The molecule has 0 spiro atoms. The number of nitrogens with one attached hydrogen (secondary N) is 1. The fourth-order valence-electron chi connectivity index (χ4n) is 1.77. The third kappa shape index (κ3) is 3.70. The van der Waals surface area contributed by atoms with Gasteiger partial charge in [0.05, 0.1) is 11.9 Å². The van der Waals surface area contributed by atoms with Gasteiger partial charge >= 0.3 is 0 Å². The van der Waals surface area contributed by atoms with Crippen molar-refractivity contribution in [1.82, 2.24) is 4.98 Å². The summed E-state index contributed by atoms with van der Waals surface area (Å²) in [5.74, 6) is -0.207. The molecule has 94 valence electrons. The van der Waals surface area contributed by atoms with Gasteiger partial charge < -0.3 is 5.32 Å². The van der Waals surface area contributed by atoms with Crippen molar-refractivity contribution in [3.05, 3.63) is 59.1 Å². The summed E-state index contributed by atoms with van der Waals surface area (Å²) in [4.78, 5) is 4.00. The molecule has 0 radical (unpaired) electrons. The Bertz CT molecular complexity index is 449. The minimum atomic E-state index is -0.207. The molecule has 2 rings (SSSR count). The maximum Gasteiger partial charge on any atom is 0.129 e. The van der Waals surface area contributed by atoms with Gasteiger partial charge in [-0.25, -0.2) is 9.37 Å². The van der Waals surface area contributed by atoms with Crippen LogP contribution in [0.2, 0.25) is 5.15 Å². The molecule has 1 unspecified atom stereocenters. The normalized spacial score (nSPS) is 12.2. The third-order valence-corrected chi connectivity index (χ3v) is 2.82. The predicted octanol–water partition coefficient (Wildman–Crippen LogP) is 3.92. The molecule has 1 aromatic carbocycles. The van der Waals surface area contributed by atoms with E-state index in [-0.39, 0.29) is 11.9 Å². The van der Waals surface area contributed by atoms with E-state index >= 15 is 0 Å². The molecule has 0 fully saturated rings. The topological polar surface area (TPSA) is 24.9 Å². The molecule has 0 aliphatic carbocycles. The van der Waals surface area contributed by atoms with E-state index in [2.05, 4.69) is 17.2 Å². The highest BCUT2D eigenvalue weighted by molar-refractivity contribution is 6.29. The van der Waals surface area contributed by atoms with Crippen LogP contribution in [0.4, 0.5) is 10.1 Å². The highest BCUT2D eigenvalue weighted by Crippen LogP contribution is 2.13. The lowest BCUT2D eigenvalue weighted by atomic mass is 10.1. The molecule has 0 aliphatic rings. The molecule has 4 heteroatoms. The van der Waals surface area contributed by atoms with Crippen molar-refractivity contribution >= 4 is 17.3 Å². The first-order chi connectivity index (χ1) is 8.63. The summed E-state index contributed by atoms with van der Waals surface area (Å²) < 4.78 is 12.8. The monoisotopic (exact) mass is 264 g/mol. The Hall–Kier alpha value is -1.61. The maximum atomic E-state index is 12.8. The number of halogens is 2. The quantitative estimate of drug-likeness (QED) is 0.847. The van der Waals surface area contributed by atoms with Gasteiger partial charge in [-0.2, -0.15) is 0 Å². The number of aromatic nitrogens is 1. The zero-order valence-electron chi connectivity index (χ0n) is 10.0. The van der Waals surface area contributed by atoms with Crippen LogP contribution in [0, 0.1) is 5.82 Å². The van der Waals surface area contributed by atoms with E-state index in [0.29, 0.717) is 5.15 Å². The van der Waals surface area contributed by atoms with Crippen LogP contribution >= 0.6 is 11.6 Å². The molecule has 1 heterocycles. The van der Waals surface area contributed by atoms with Gasteiger partial charge in [-0.05, 0) is 43.2 Å². The Morgan fingerprint density at radius 1 is 1.22 bits per heavy atom. The van der Waals surface area contributed by atoms with E-state index < -0.39 is 0 Å². The summed E-state index contributed by atoms with van der Waals surface area (Å²) in [7, 11) is 0. The summed E-state index contributed by atoms with van der Waals surface area (Å²) in [5, 5.41) is 3.80. The van der Waals surface area contributed by atoms with Gasteiger partial charge in [-0.3, -0.25) is 0 Å². The summed E-state index contributed by atoms with van der Waals surface area (Å²) in [6, 6.07) is 10.4. The fourth-order valence-corrected chi connectivity index (χ4v) is 1.88. The van der Waals surface area contributed by atoms with Crippen LogP contribution < -0.4 is 5.32 Å². The number of anilines is 1. The molecule has 18 heavy (non-hydrogen) atoms. The van der Waals surface area contributed by atoms with Gasteiger partial charge in [0.15, 0.2) is 0 Å². The van der Waals surface area contributed by atoms with Crippen molar-refractivity contribution in [2.75, 3.05) is 5.32 Å². The number of benzene rings is 1. The Kier molecular flexibility index (Phi) is 4.15. The third-order valence-electron chi connectivity index (χ3n) is 2.60. The van der Waals surface area contributed by atoms with Crippen LogP contribution in [0.1, 0.15) is 12.5 Å². The molecule has 2 nitrogen and oxygen atoms in total. The zero-order chi connectivity index (χ0) is 13.0. The Labute approximate surface area is 111 Å². The Balaban J connectivity index is 1.94. The molecule has 2 aromatic rings. The van der Waals surface area contributed by atoms with Crippen LogP contribution in [0.3, 0.4) is 0 Å². The molecule has 0 amide bonds. The molecule has 1 N–H and O–H groups in total. The second kappa shape index (κ2) is 5.83. The highest BCUT2D eigenvalue weighted by atomic mass is 35.5. The van der Waals surface area contributed by atoms with Gasteiger partial charge in [0.1, 0.15) is 11.0 Å². The van der Waals surface area contributed by atoms with E-state index in [1.807, 2.05) is 6.07 Å². The minimum absolute atomic E-state index is 0.207. The van der Waals surface area contributed by atoms with Crippen LogP contribution in [-0.2, 0) is 6.42 Å². The summed E-state index contributed by atoms with van der Waals surface area (Å²) in [6.07, 6.45) is 2.52. The lowest BCUT2D eigenvalue weighted by molar-refractivity contribution is 0.626. The zero-order valence-corrected chi connectivity index (χ0v) is 10.8. The molecule has 1 atom stereocenters. The molecule has 0 bridgehead atoms. The molecular weight excluding hydrogens is 251 g/mol. The number of pyridine rings is 1. The highest BCUT2D eigenvalue weighted by Gasteiger charge is 2.04. The standard InChI is InChI=1S/C14H14ClFN2/c1-10(8-11-2-4-12(16)5-3-11)18-13-6-7-14(15)17-9-13/h2-7,9-10,18H,8H2,1H3. The van der Waals surface area contributed by atoms with Crippen molar-refractivity contribution in [3.8, 4) is 0 Å². The van der Waals surface area contributed by atoms with Crippen molar-refractivity contribution in [2.24, 2.45) is 0 Å². The van der Waals surface area contributed by atoms with Crippen LogP contribution in [0.25, 0.3) is 0 Å². The fraction of sp³-hybridized carbons (Fsp3) is 0.214. The van der Waals surface area contributed by atoms with Crippen molar-refractivity contribution in [1.29, 1.82) is 0 Å². The van der Waals surface area contributed by atoms with E-state index in [9.17, 15) is 4.39 Å². The van der Waals surface area contributed by atoms with Gasteiger partial charge in [-0.1, -0.05) is 23.7 Å². The van der Waals surface area contributed by atoms with Crippen LogP contribution in [0.15, 0.2) is 42.6 Å². The summed E-state index contributed by atoms with van der Waals surface area (Å²) >= 11 is 5.72. The van der Waals surface area contributed by atoms with Gasteiger partial charge in [0, 0.05) is 6.04 Å². The molecule has 0 saturated heterocycles. The van der Waals surface area contributed by atoms with Crippen LogP contribution in [-0.4, -0.2) is 11.0 Å². The smallest absolute Gasteiger partial charge is 0.129 e. The minimum Gasteiger partial charge on any atom is -0.381 e. The van der Waals surface area contributed by atoms with E-state index in [0.717, 1.165) is 17.7 Å². The molecule has 0 aliphatic heterocycles. The Morgan fingerprint density at radius 2 is 1.94 bits per heavy atom. The number of hydrogen-bond acceptors (Lipinski definition) is 2. The number of nitrogens with zero attached hydrogens (tertiary/aromatic N) is 1. The average Bonchev–Trinajstić information content (AvgIpc) is 2.35. The van der Waals surface area contributed by atoms with Gasteiger partial charge in [0.2, 0.25) is 0 Å². The SMILES string of the molecule is CC(Cc1ccc(F)cc1)Nc1ccc(Cl)nc1. The lowest BCUT2D eigenvalue weighted by Gasteiger charge is -2.15. The van der Waals surface area contributed by atoms with Gasteiger partial charge in [-0.15, -0.1) is 0 Å². The van der Waals surface area contributed by atoms with E-state index in [1.165, 1.54) is 12.1 Å². The first-order valence-electron chi connectivity index (χ1n) is 5.76. The average molecular weight is 265 g/mol. The lowest BCUT2D eigenvalue weighted by Crippen LogP contribution is -2.18. The van der Waals surface area contributed by atoms with Crippen molar-refractivity contribution in [3.63, 3.8) is 0 Å². The maximum absolute atomic E-state index is 12.8. The van der Waals surface area contributed by atoms with Crippen molar-refractivity contribution in [2.45, 2.75) is 19.4 Å². The Morgan fingerprint density at radius 3 is 2.56 bits per heavy atom. The molecular formula is C14H14ClFN2. The second-order valence-corrected chi connectivity index (χ2v) is 4.63. The summed E-state index contributed by atoms with van der Waals surface area (Å²) in [6.45, 7) is 2.07. The first kappa shape index (κ1) is 12.8. The summed E-state index contributed by atoms with van der Waals surface area (Å²) in [5.41, 5.74) is 2.02. The van der Waals surface area contributed by atoms with E-state index in [4.69, 9.17) is 11.6 Å². The molecule has 0 saturated carbocycles. The van der Waals surface area contributed by atoms with Crippen molar-refractivity contribution < 1.29 is 4.39 Å². The predicted molar refractivity (Wildman–Crippen MR) is 72.4 cm³/mol. The largest absolute Gasteiger partial charge is 0.381 e.